The highest BCUT2D eigenvalue weighted by molar-refractivity contribution is 5.87. The molecule has 0 amide bonds. The molecule has 0 aliphatic heterocycles. The van der Waals surface area contributed by atoms with Gasteiger partial charge in [0.25, 0.3) is 0 Å². The lowest BCUT2D eigenvalue weighted by molar-refractivity contribution is 0.0697. The van der Waals surface area contributed by atoms with Crippen LogP contribution in [0.5, 0.6) is 0 Å². The Kier molecular flexibility index (Phi) is 7.60. The number of hydrogen-bond donors (Lipinski definition) is 1. The molecule has 0 unspecified atom stereocenters. The van der Waals surface area contributed by atoms with E-state index in [2.05, 4.69) is 31.2 Å². The molecule has 3 heteroatoms. The number of aromatic nitrogens is 1. The monoisotopic (exact) mass is 327 g/mol. The highest BCUT2D eigenvalue weighted by Crippen LogP contribution is 2.15. The molecule has 0 spiro atoms. The highest BCUT2D eigenvalue weighted by Gasteiger charge is 2.05. The molecule has 0 fully saturated rings. The molecular weight excluding hydrogens is 298 g/mol. The summed E-state index contributed by atoms with van der Waals surface area (Å²) >= 11 is 0. The number of benzene rings is 1. The van der Waals surface area contributed by atoms with Crippen molar-refractivity contribution in [2.45, 2.75) is 64.7 Å². The molecule has 0 atom stereocenters. The van der Waals surface area contributed by atoms with Gasteiger partial charge in [-0.15, -0.1) is 0 Å². The molecule has 0 aliphatic carbocycles. The smallest absolute Gasteiger partial charge is 0.337 e. The summed E-state index contributed by atoms with van der Waals surface area (Å²) in [7, 11) is 0. The van der Waals surface area contributed by atoms with Crippen molar-refractivity contribution >= 4 is 5.97 Å². The van der Waals surface area contributed by atoms with E-state index in [9.17, 15) is 4.79 Å². The largest absolute Gasteiger partial charge is 0.478 e. The summed E-state index contributed by atoms with van der Waals surface area (Å²) < 4.78 is 1.85. The third-order valence-corrected chi connectivity index (χ3v) is 4.49. The predicted molar refractivity (Wildman–Crippen MR) is 99.0 cm³/mol. The first-order valence-corrected chi connectivity index (χ1v) is 9.21. The van der Waals surface area contributed by atoms with Gasteiger partial charge >= 0.3 is 5.97 Å². The van der Waals surface area contributed by atoms with Crippen molar-refractivity contribution in [2.75, 3.05) is 0 Å². The molecule has 2 rings (SSSR count). The lowest BCUT2D eigenvalue weighted by Crippen LogP contribution is -1.95. The first-order valence-electron chi connectivity index (χ1n) is 9.21. The molecule has 24 heavy (non-hydrogen) atoms. The molecule has 0 radical (unpaired) electrons. The van der Waals surface area contributed by atoms with Crippen LogP contribution < -0.4 is 0 Å². The minimum absolute atomic E-state index is 0.318. The standard InChI is InChI=1S/C21H29NO2/c1-2-3-4-5-6-7-8-9-10-18-11-13-20(14-12-18)22-16-15-19(17-22)21(23)24/h11-17H,2-10H2,1H3,(H,23,24). The fraction of sp³-hybridized carbons (Fsp3) is 0.476. The van der Waals surface area contributed by atoms with E-state index in [0.717, 1.165) is 12.1 Å². The average Bonchev–Trinajstić information content (AvgIpc) is 3.08. The first kappa shape index (κ1) is 18.3. The van der Waals surface area contributed by atoms with Crippen molar-refractivity contribution in [3.05, 3.63) is 53.9 Å². The second-order valence-electron chi connectivity index (χ2n) is 6.50. The number of nitrogens with zero attached hydrogens (tertiary/aromatic N) is 1. The molecule has 1 aromatic heterocycles. The summed E-state index contributed by atoms with van der Waals surface area (Å²) in [5.41, 5.74) is 2.68. The van der Waals surface area contributed by atoms with E-state index in [-0.39, 0.29) is 0 Å². The van der Waals surface area contributed by atoms with Crippen LogP contribution in [0.2, 0.25) is 0 Å². The van der Waals surface area contributed by atoms with Gasteiger partial charge in [0.2, 0.25) is 0 Å². The Hall–Kier alpha value is -2.03. The number of rotatable bonds is 11. The summed E-state index contributed by atoms with van der Waals surface area (Å²) in [4.78, 5) is 10.9. The summed E-state index contributed by atoms with van der Waals surface area (Å²) in [6, 6.07) is 10.0. The maximum Gasteiger partial charge on any atom is 0.337 e. The van der Waals surface area contributed by atoms with Crippen LogP contribution in [-0.4, -0.2) is 15.6 Å². The van der Waals surface area contributed by atoms with Gasteiger partial charge in [-0.3, -0.25) is 0 Å². The van der Waals surface area contributed by atoms with Crippen molar-refractivity contribution in [3.8, 4) is 5.69 Å². The van der Waals surface area contributed by atoms with Gasteiger partial charge < -0.3 is 9.67 Å². The number of carbonyl (C=O) groups is 1. The molecule has 1 aromatic carbocycles. The molecule has 3 nitrogen and oxygen atoms in total. The molecule has 1 N–H and O–H groups in total. The topological polar surface area (TPSA) is 42.2 Å². The average molecular weight is 327 g/mol. The van der Waals surface area contributed by atoms with Crippen molar-refractivity contribution < 1.29 is 9.90 Å². The SMILES string of the molecule is CCCCCCCCCCc1ccc(-n2ccc(C(=O)O)c2)cc1. The summed E-state index contributed by atoms with van der Waals surface area (Å²) in [5, 5.41) is 8.98. The quantitative estimate of drug-likeness (QED) is 0.525. The second-order valence-corrected chi connectivity index (χ2v) is 6.50. The molecule has 0 saturated heterocycles. The van der Waals surface area contributed by atoms with Crippen LogP contribution in [0.3, 0.4) is 0 Å². The summed E-state index contributed by atoms with van der Waals surface area (Å²) in [6.45, 7) is 2.26. The van der Waals surface area contributed by atoms with Gasteiger partial charge in [-0.2, -0.15) is 0 Å². The highest BCUT2D eigenvalue weighted by atomic mass is 16.4. The van der Waals surface area contributed by atoms with E-state index in [0.29, 0.717) is 5.56 Å². The van der Waals surface area contributed by atoms with Gasteiger partial charge in [0, 0.05) is 18.1 Å². The van der Waals surface area contributed by atoms with Gasteiger partial charge in [0.05, 0.1) is 5.56 Å². The number of carboxylic acid groups (broad SMARTS) is 1. The Morgan fingerprint density at radius 3 is 2.12 bits per heavy atom. The molecule has 0 aliphatic rings. The molecular formula is C21H29NO2. The minimum Gasteiger partial charge on any atom is -0.478 e. The third kappa shape index (κ3) is 5.88. The molecule has 0 bridgehead atoms. The van der Waals surface area contributed by atoms with Crippen molar-refractivity contribution in [3.63, 3.8) is 0 Å². The first-order chi connectivity index (χ1) is 11.7. The number of unbranched alkanes of at least 4 members (excludes halogenated alkanes) is 7. The van der Waals surface area contributed by atoms with Crippen molar-refractivity contribution in [1.82, 2.24) is 4.57 Å². The van der Waals surface area contributed by atoms with Crippen LogP contribution in [0, 0.1) is 0 Å². The van der Waals surface area contributed by atoms with E-state index < -0.39 is 5.97 Å². The van der Waals surface area contributed by atoms with Crippen molar-refractivity contribution in [1.29, 1.82) is 0 Å². The van der Waals surface area contributed by atoms with Crippen molar-refractivity contribution in [2.24, 2.45) is 0 Å². The van der Waals surface area contributed by atoms with Crippen LogP contribution in [0.15, 0.2) is 42.7 Å². The van der Waals surface area contributed by atoms with E-state index in [1.54, 1.807) is 18.5 Å². The summed E-state index contributed by atoms with van der Waals surface area (Å²) in [5.74, 6) is -0.889. The van der Waals surface area contributed by atoms with E-state index in [1.807, 2.05) is 4.57 Å². The zero-order valence-corrected chi connectivity index (χ0v) is 14.7. The predicted octanol–water partition coefficient (Wildman–Crippen LogP) is 5.86. The lowest BCUT2D eigenvalue weighted by atomic mass is 10.0. The van der Waals surface area contributed by atoms with Gasteiger partial charge in [0.1, 0.15) is 0 Å². The lowest BCUT2D eigenvalue weighted by Gasteiger charge is -2.06. The van der Waals surface area contributed by atoms with Crippen LogP contribution >= 0.6 is 0 Å². The van der Waals surface area contributed by atoms with Crippen LogP contribution in [0.1, 0.15) is 74.2 Å². The van der Waals surface area contributed by atoms with E-state index >= 15 is 0 Å². The minimum atomic E-state index is -0.889. The zero-order chi connectivity index (χ0) is 17.2. The Labute approximate surface area is 145 Å². The van der Waals surface area contributed by atoms with Gasteiger partial charge in [0.15, 0.2) is 0 Å². The van der Waals surface area contributed by atoms with Gasteiger partial charge in [-0.05, 0) is 36.6 Å². The Balaban J connectivity index is 1.71. The third-order valence-electron chi connectivity index (χ3n) is 4.49. The maximum absolute atomic E-state index is 10.9. The van der Waals surface area contributed by atoms with Gasteiger partial charge in [-0.1, -0.05) is 64.0 Å². The normalized spacial score (nSPS) is 10.9. The number of carboxylic acids is 1. The Morgan fingerprint density at radius 1 is 0.917 bits per heavy atom. The molecule has 2 aromatic rings. The van der Waals surface area contributed by atoms with E-state index in [1.165, 1.54) is 56.9 Å². The van der Waals surface area contributed by atoms with Gasteiger partial charge in [-0.25, -0.2) is 4.79 Å². The second kappa shape index (κ2) is 9.96. The van der Waals surface area contributed by atoms with Crippen LogP contribution in [-0.2, 0) is 6.42 Å². The van der Waals surface area contributed by atoms with E-state index in [4.69, 9.17) is 5.11 Å². The molecule has 1 heterocycles. The Morgan fingerprint density at radius 2 is 1.54 bits per heavy atom. The molecule has 0 saturated carbocycles. The number of aryl methyl sites for hydroxylation is 1. The fourth-order valence-corrected chi connectivity index (χ4v) is 2.98. The fourth-order valence-electron chi connectivity index (χ4n) is 2.98. The number of hydrogen-bond acceptors (Lipinski definition) is 1. The Bertz CT molecular complexity index is 613. The summed E-state index contributed by atoms with van der Waals surface area (Å²) in [6.07, 6.45) is 15.3. The van der Waals surface area contributed by atoms with Crippen LogP contribution in [0.4, 0.5) is 0 Å². The maximum atomic E-state index is 10.9. The molecule has 130 valence electrons. The number of aromatic carboxylic acids is 1. The zero-order valence-electron chi connectivity index (χ0n) is 14.7. The van der Waals surface area contributed by atoms with Crippen LogP contribution in [0.25, 0.3) is 5.69 Å².